The van der Waals surface area contributed by atoms with Crippen LogP contribution in [0.25, 0.3) is 11.3 Å². The summed E-state index contributed by atoms with van der Waals surface area (Å²) in [6, 6.07) is 20.9. The summed E-state index contributed by atoms with van der Waals surface area (Å²) in [4.78, 5) is 4.48. The maximum absolute atomic E-state index is 5.98. The van der Waals surface area contributed by atoms with E-state index in [2.05, 4.69) is 67.3 Å². The van der Waals surface area contributed by atoms with Crippen LogP contribution in [0, 0.1) is 6.92 Å². The first-order valence-corrected chi connectivity index (χ1v) is 9.72. The van der Waals surface area contributed by atoms with E-state index in [1.165, 1.54) is 16.7 Å². The first kappa shape index (κ1) is 18.9. The zero-order valence-corrected chi connectivity index (χ0v) is 17.3. The van der Waals surface area contributed by atoms with E-state index in [-0.39, 0.29) is 5.41 Å². The second-order valence-corrected chi connectivity index (χ2v) is 7.90. The van der Waals surface area contributed by atoms with Crippen LogP contribution in [0.15, 0.2) is 79.3 Å². The van der Waals surface area contributed by atoms with Crippen LogP contribution in [0.1, 0.15) is 30.5 Å². The van der Waals surface area contributed by atoms with Gasteiger partial charge in [0.05, 0.1) is 18.1 Å². The van der Waals surface area contributed by atoms with Crippen molar-refractivity contribution >= 4 is 0 Å². The predicted molar refractivity (Wildman–Crippen MR) is 116 cm³/mol. The normalized spacial score (nSPS) is 11.4. The monoisotopic (exact) mass is 383 g/mol. The van der Waals surface area contributed by atoms with Gasteiger partial charge in [0.2, 0.25) is 0 Å². The molecule has 0 fully saturated rings. The van der Waals surface area contributed by atoms with E-state index in [4.69, 9.17) is 4.74 Å². The Bertz CT molecular complexity index is 1090. The fourth-order valence-corrected chi connectivity index (χ4v) is 3.38. The molecule has 0 atom stereocenters. The van der Waals surface area contributed by atoms with E-state index in [0.717, 1.165) is 17.0 Å². The Balaban J connectivity index is 1.48. The largest absolute Gasteiger partial charge is 0.456 e. The van der Waals surface area contributed by atoms with Crippen molar-refractivity contribution in [3.05, 3.63) is 95.9 Å². The van der Waals surface area contributed by atoms with E-state index >= 15 is 0 Å². The molecule has 4 heteroatoms. The van der Waals surface area contributed by atoms with Crippen LogP contribution in [0.5, 0.6) is 11.5 Å². The summed E-state index contributed by atoms with van der Waals surface area (Å²) >= 11 is 0. The molecule has 0 aliphatic heterocycles. The molecular formula is C25H25N3O. The molecule has 4 nitrogen and oxygen atoms in total. The molecule has 0 aliphatic carbocycles. The first-order valence-electron chi connectivity index (χ1n) is 9.72. The Kier molecular flexibility index (Phi) is 4.93. The van der Waals surface area contributed by atoms with Gasteiger partial charge >= 0.3 is 0 Å². The van der Waals surface area contributed by atoms with Gasteiger partial charge in [-0.3, -0.25) is 9.67 Å². The summed E-state index contributed by atoms with van der Waals surface area (Å²) in [5.74, 6) is 1.51. The Hall–Kier alpha value is -3.40. The summed E-state index contributed by atoms with van der Waals surface area (Å²) in [5, 5.41) is 4.18. The second kappa shape index (κ2) is 7.55. The van der Waals surface area contributed by atoms with E-state index in [0.29, 0.717) is 5.75 Å². The standard InChI is InChI=1S/C25H25N3O/c1-18-5-7-20(8-6-18)25(2,3)21-9-11-22(12-10-21)29-23-13-14-24(26-16-23)19-15-27-28(4)17-19/h5-17H,1-4H3. The molecule has 0 spiro atoms. The van der Waals surface area contributed by atoms with Gasteiger partial charge in [-0.25, -0.2) is 0 Å². The van der Waals surface area contributed by atoms with Crippen molar-refractivity contribution in [1.29, 1.82) is 0 Å². The lowest BCUT2D eigenvalue weighted by molar-refractivity contribution is 0.479. The summed E-state index contributed by atoms with van der Waals surface area (Å²) < 4.78 is 7.75. The average molecular weight is 383 g/mol. The van der Waals surface area contributed by atoms with Crippen LogP contribution < -0.4 is 4.74 Å². The maximum Gasteiger partial charge on any atom is 0.145 e. The molecular weight excluding hydrogens is 358 g/mol. The van der Waals surface area contributed by atoms with Gasteiger partial charge in [-0.2, -0.15) is 5.10 Å². The Morgan fingerprint density at radius 1 is 0.793 bits per heavy atom. The van der Waals surface area contributed by atoms with Crippen molar-refractivity contribution < 1.29 is 4.74 Å². The maximum atomic E-state index is 5.98. The molecule has 0 saturated heterocycles. The molecule has 0 aliphatic rings. The molecule has 0 unspecified atom stereocenters. The molecule has 2 aromatic heterocycles. The Morgan fingerprint density at radius 2 is 1.41 bits per heavy atom. The van der Waals surface area contributed by atoms with E-state index in [9.17, 15) is 0 Å². The summed E-state index contributed by atoms with van der Waals surface area (Å²) in [7, 11) is 1.89. The lowest BCUT2D eigenvalue weighted by Crippen LogP contribution is -2.18. The first-order chi connectivity index (χ1) is 13.9. The van der Waals surface area contributed by atoms with Gasteiger partial charge in [-0.1, -0.05) is 55.8 Å². The topological polar surface area (TPSA) is 39.9 Å². The number of benzene rings is 2. The minimum atomic E-state index is -0.0703. The minimum absolute atomic E-state index is 0.0703. The van der Waals surface area contributed by atoms with Crippen LogP contribution in [0.4, 0.5) is 0 Å². The van der Waals surface area contributed by atoms with E-state index < -0.39 is 0 Å². The van der Waals surface area contributed by atoms with Gasteiger partial charge in [0.1, 0.15) is 11.5 Å². The summed E-state index contributed by atoms with van der Waals surface area (Å²) in [6.45, 7) is 6.60. The highest BCUT2D eigenvalue weighted by Gasteiger charge is 2.22. The molecule has 146 valence electrons. The van der Waals surface area contributed by atoms with Crippen molar-refractivity contribution in [2.75, 3.05) is 0 Å². The number of nitrogens with zero attached hydrogens (tertiary/aromatic N) is 3. The summed E-state index contributed by atoms with van der Waals surface area (Å²) in [6.07, 6.45) is 5.49. The average Bonchev–Trinajstić information content (AvgIpc) is 3.16. The Labute approximate surface area is 171 Å². The SMILES string of the molecule is Cc1ccc(C(C)(C)c2ccc(Oc3ccc(-c4cnn(C)c4)nc3)cc2)cc1. The van der Waals surface area contributed by atoms with Gasteiger partial charge in [-0.15, -0.1) is 0 Å². The highest BCUT2D eigenvalue weighted by atomic mass is 16.5. The molecule has 0 radical (unpaired) electrons. The van der Waals surface area contributed by atoms with Crippen molar-refractivity contribution in [2.24, 2.45) is 7.05 Å². The minimum Gasteiger partial charge on any atom is -0.456 e. The zero-order chi connectivity index (χ0) is 20.4. The molecule has 0 amide bonds. The third kappa shape index (κ3) is 4.06. The van der Waals surface area contributed by atoms with Gasteiger partial charge in [0.15, 0.2) is 0 Å². The van der Waals surface area contributed by atoms with Crippen LogP contribution in [0.3, 0.4) is 0 Å². The van der Waals surface area contributed by atoms with Crippen molar-refractivity contribution in [3.63, 3.8) is 0 Å². The van der Waals surface area contributed by atoms with Crippen LogP contribution in [-0.2, 0) is 12.5 Å². The number of pyridine rings is 1. The quantitative estimate of drug-likeness (QED) is 0.430. The van der Waals surface area contributed by atoms with Crippen LogP contribution in [0.2, 0.25) is 0 Å². The smallest absolute Gasteiger partial charge is 0.145 e. The lowest BCUT2D eigenvalue weighted by Gasteiger charge is -2.26. The molecule has 4 aromatic rings. The van der Waals surface area contributed by atoms with Gasteiger partial charge in [-0.05, 0) is 42.3 Å². The van der Waals surface area contributed by atoms with Crippen molar-refractivity contribution in [1.82, 2.24) is 14.8 Å². The molecule has 0 N–H and O–H groups in total. The molecule has 2 aromatic carbocycles. The number of ether oxygens (including phenoxy) is 1. The summed E-state index contributed by atoms with van der Waals surface area (Å²) in [5.41, 5.74) is 5.61. The van der Waals surface area contributed by atoms with Gasteiger partial charge in [0, 0.05) is 24.2 Å². The molecule has 29 heavy (non-hydrogen) atoms. The number of hydrogen-bond donors (Lipinski definition) is 0. The molecule has 0 bridgehead atoms. The second-order valence-electron chi connectivity index (χ2n) is 7.90. The highest BCUT2D eigenvalue weighted by molar-refractivity contribution is 5.57. The van der Waals surface area contributed by atoms with Crippen LogP contribution in [-0.4, -0.2) is 14.8 Å². The van der Waals surface area contributed by atoms with E-state index in [1.807, 2.05) is 37.5 Å². The molecule has 2 heterocycles. The lowest BCUT2D eigenvalue weighted by atomic mass is 9.78. The van der Waals surface area contributed by atoms with Gasteiger partial charge < -0.3 is 4.74 Å². The fourth-order valence-electron chi connectivity index (χ4n) is 3.38. The number of aromatic nitrogens is 3. The van der Waals surface area contributed by atoms with Crippen molar-refractivity contribution in [2.45, 2.75) is 26.2 Å². The number of rotatable bonds is 5. The zero-order valence-electron chi connectivity index (χ0n) is 17.3. The van der Waals surface area contributed by atoms with Crippen molar-refractivity contribution in [3.8, 4) is 22.8 Å². The number of aryl methyl sites for hydroxylation is 2. The Morgan fingerprint density at radius 3 is 1.97 bits per heavy atom. The number of hydrogen-bond acceptors (Lipinski definition) is 3. The molecule has 4 rings (SSSR count). The molecule has 0 saturated carbocycles. The van der Waals surface area contributed by atoms with E-state index in [1.54, 1.807) is 17.1 Å². The van der Waals surface area contributed by atoms with Gasteiger partial charge in [0.25, 0.3) is 0 Å². The van der Waals surface area contributed by atoms with Crippen LogP contribution >= 0.6 is 0 Å². The third-order valence-electron chi connectivity index (χ3n) is 5.32. The third-order valence-corrected chi connectivity index (χ3v) is 5.32. The highest BCUT2D eigenvalue weighted by Crippen LogP contribution is 2.33. The fraction of sp³-hybridized carbons (Fsp3) is 0.200. The predicted octanol–water partition coefficient (Wildman–Crippen LogP) is 5.91.